The van der Waals surface area contributed by atoms with Gasteiger partial charge in [0.1, 0.15) is 11.6 Å². The zero-order chi connectivity index (χ0) is 16.5. The summed E-state index contributed by atoms with van der Waals surface area (Å²) in [7, 11) is 1.33. The number of methoxy groups -OCH3 is 1. The predicted octanol–water partition coefficient (Wildman–Crippen LogP) is 0.611. The number of esters is 2. The number of carbonyl (C=O) groups is 2. The SMILES string of the molecule is CCOC(=O)[C@H]1C[C@@](C)(C(=O)OC)N[C@H]1[C@H]1COC(C)(C)O1. The first kappa shape index (κ1) is 17.2. The van der Waals surface area contributed by atoms with Crippen LogP contribution in [0, 0.1) is 5.92 Å². The Morgan fingerprint density at radius 2 is 2.00 bits per heavy atom. The van der Waals surface area contributed by atoms with E-state index in [9.17, 15) is 9.59 Å². The topological polar surface area (TPSA) is 83.1 Å². The Morgan fingerprint density at radius 3 is 2.50 bits per heavy atom. The molecule has 1 N–H and O–H groups in total. The maximum atomic E-state index is 12.3. The molecule has 0 saturated carbocycles. The minimum absolute atomic E-state index is 0.296. The summed E-state index contributed by atoms with van der Waals surface area (Å²) in [6, 6.07) is -0.357. The molecule has 0 aromatic rings. The molecule has 0 bridgehead atoms. The summed E-state index contributed by atoms with van der Waals surface area (Å²) >= 11 is 0. The van der Waals surface area contributed by atoms with Crippen LogP contribution in [0.25, 0.3) is 0 Å². The van der Waals surface area contributed by atoms with Crippen LogP contribution >= 0.6 is 0 Å². The summed E-state index contributed by atoms with van der Waals surface area (Å²) in [5, 5.41) is 3.21. The van der Waals surface area contributed by atoms with E-state index in [1.807, 2.05) is 13.8 Å². The van der Waals surface area contributed by atoms with Crippen LogP contribution in [0.5, 0.6) is 0 Å². The Bertz CT molecular complexity index is 451. The highest BCUT2D eigenvalue weighted by atomic mass is 16.7. The van der Waals surface area contributed by atoms with Crippen molar-refractivity contribution < 1.29 is 28.5 Å². The second-order valence-corrected chi connectivity index (χ2v) is 6.42. The fourth-order valence-electron chi connectivity index (χ4n) is 3.19. The summed E-state index contributed by atoms with van der Waals surface area (Å²) in [6.45, 7) is 7.78. The van der Waals surface area contributed by atoms with Crippen LogP contribution in [0.2, 0.25) is 0 Å². The average molecular weight is 315 g/mol. The maximum Gasteiger partial charge on any atom is 0.325 e. The van der Waals surface area contributed by atoms with Crippen molar-refractivity contribution in [2.24, 2.45) is 5.92 Å². The van der Waals surface area contributed by atoms with Crippen LogP contribution < -0.4 is 5.32 Å². The molecule has 2 saturated heterocycles. The van der Waals surface area contributed by atoms with Crippen molar-refractivity contribution in [2.75, 3.05) is 20.3 Å². The molecule has 0 aromatic carbocycles. The lowest BCUT2D eigenvalue weighted by atomic mass is 9.91. The average Bonchev–Trinajstić information content (AvgIpc) is 2.99. The van der Waals surface area contributed by atoms with Crippen molar-refractivity contribution >= 4 is 11.9 Å². The number of carbonyl (C=O) groups excluding carboxylic acids is 2. The first-order valence-corrected chi connectivity index (χ1v) is 7.57. The van der Waals surface area contributed by atoms with E-state index in [2.05, 4.69) is 5.32 Å². The van der Waals surface area contributed by atoms with E-state index >= 15 is 0 Å². The van der Waals surface area contributed by atoms with Crippen molar-refractivity contribution in [1.29, 1.82) is 0 Å². The molecule has 0 radical (unpaired) electrons. The molecule has 0 aliphatic carbocycles. The summed E-state index contributed by atoms with van der Waals surface area (Å²) < 4.78 is 21.4. The summed E-state index contributed by atoms with van der Waals surface area (Å²) in [4.78, 5) is 24.3. The quantitative estimate of drug-likeness (QED) is 0.761. The van der Waals surface area contributed by atoms with E-state index in [-0.39, 0.29) is 18.1 Å². The first-order valence-electron chi connectivity index (χ1n) is 7.57. The monoisotopic (exact) mass is 315 g/mol. The largest absolute Gasteiger partial charge is 0.468 e. The number of rotatable bonds is 4. The van der Waals surface area contributed by atoms with E-state index in [1.54, 1.807) is 13.8 Å². The molecule has 4 atom stereocenters. The highest BCUT2D eigenvalue weighted by molar-refractivity contribution is 5.84. The lowest BCUT2D eigenvalue weighted by Crippen LogP contribution is -2.52. The van der Waals surface area contributed by atoms with Gasteiger partial charge >= 0.3 is 11.9 Å². The number of hydrogen-bond acceptors (Lipinski definition) is 7. The molecule has 2 aliphatic rings. The molecular weight excluding hydrogens is 290 g/mol. The van der Waals surface area contributed by atoms with Crippen molar-refractivity contribution in [1.82, 2.24) is 5.32 Å². The highest BCUT2D eigenvalue weighted by Gasteiger charge is 2.55. The lowest BCUT2D eigenvalue weighted by Gasteiger charge is -2.26. The molecule has 126 valence electrons. The highest BCUT2D eigenvalue weighted by Crippen LogP contribution is 2.36. The van der Waals surface area contributed by atoms with Crippen molar-refractivity contribution in [3.05, 3.63) is 0 Å². The van der Waals surface area contributed by atoms with Crippen LogP contribution in [0.1, 0.15) is 34.1 Å². The Labute approximate surface area is 130 Å². The molecule has 2 rings (SSSR count). The van der Waals surface area contributed by atoms with Crippen molar-refractivity contribution in [3.8, 4) is 0 Å². The van der Waals surface area contributed by atoms with Gasteiger partial charge in [0.05, 0.1) is 26.2 Å². The number of hydrogen-bond donors (Lipinski definition) is 1. The van der Waals surface area contributed by atoms with E-state index in [4.69, 9.17) is 18.9 Å². The molecule has 2 heterocycles. The smallest absolute Gasteiger partial charge is 0.325 e. The van der Waals surface area contributed by atoms with Crippen molar-refractivity contribution in [3.63, 3.8) is 0 Å². The molecule has 7 nitrogen and oxygen atoms in total. The molecule has 0 amide bonds. The third-order valence-corrected chi connectivity index (χ3v) is 4.20. The summed E-state index contributed by atoms with van der Waals surface area (Å²) in [6.07, 6.45) is -0.0143. The van der Waals surface area contributed by atoms with Gasteiger partial charge in [-0.2, -0.15) is 0 Å². The van der Waals surface area contributed by atoms with Gasteiger partial charge < -0.3 is 18.9 Å². The third-order valence-electron chi connectivity index (χ3n) is 4.20. The van der Waals surface area contributed by atoms with E-state index < -0.39 is 23.2 Å². The predicted molar refractivity (Wildman–Crippen MR) is 77.0 cm³/mol. The fraction of sp³-hybridized carbons (Fsp3) is 0.867. The standard InChI is InChI=1S/C15H25NO6/c1-6-20-12(17)9-7-15(4,13(18)19-5)16-11(9)10-8-21-14(2,3)22-10/h9-11,16H,6-8H2,1-5H3/t9-,10+,11+,15-/m0/s1. The van der Waals surface area contributed by atoms with Crippen LogP contribution in [-0.2, 0) is 28.5 Å². The van der Waals surface area contributed by atoms with E-state index in [0.29, 0.717) is 19.6 Å². The van der Waals surface area contributed by atoms with Crippen LogP contribution in [-0.4, -0.2) is 55.7 Å². The Hall–Kier alpha value is -1.18. The zero-order valence-corrected chi connectivity index (χ0v) is 13.8. The number of ether oxygens (including phenoxy) is 4. The summed E-state index contributed by atoms with van der Waals surface area (Å²) in [5.41, 5.74) is -0.938. The molecular formula is C15H25NO6. The van der Waals surface area contributed by atoms with Gasteiger partial charge in [-0.15, -0.1) is 0 Å². The van der Waals surface area contributed by atoms with Crippen LogP contribution in [0.4, 0.5) is 0 Å². The molecule has 2 aliphatic heterocycles. The van der Waals surface area contributed by atoms with Gasteiger partial charge in [0.25, 0.3) is 0 Å². The molecule has 0 unspecified atom stereocenters. The van der Waals surface area contributed by atoms with Gasteiger partial charge in [-0.25, -0.2) is 0 Å². The minimum Gasteiger partial charge on any atom is -0.468 e. The maximum absolute atomic E-state index is 12.3. The normalized spacial score (nSPS) is 37.0. The fourth-order valence-corrected chi connectivity index (χ4v) is 3.19. The molecule has 2 fully saturated rings. The van der Waals surface area contributed by atoms with Gasteiger partial charge in [-0.1, -0.05) is 0 Å². The lowest BCUT2D eigenvalue weighted by molar-refractivity contribution is -0.155. The third kappa shape index (κ3) is 3.26. The second-order valence-electron chi connectivity index (χ2n) is 6.42. The molecule has 0 spiro atoms. The Balaban J connectivity index is 2.20. The van der Waals surface area contributed by atoms with Crippen LogP contribution in [0.15, 0.2) is 0 Å². The van der Waals surface area contributed by atoms with Crippen molar-refractivity contribution in [2.45, 2.75) is 57.6 Å². The van der Waals surface area contributed by atoms with Crippen LogP contribution in [0.3, 0.4) is 0 Å². The molecule has 0 aromatic heterocycles. The second kappa shape index (κ2) is 6.14. The Morgan fingerprint density at radius 1 is 1.32 bits per heavy atom. The minimum atomic E-state index is -0.938. The summed E-state index contributed by atoms with van der Waals surface area (Å²) in [5.74, 6) is -1.91. The van der Waals surface area contributed by atoms with Gasteiger partial charge in [-0.3, -0.25) is 14.9 Å². The molecule has 7 heteroatoms. The van der Waals surface area contributed by atoms with Gasteiger partial charge in [-0.05, 0) is 34.1 Å². The van der Waals surface area contributed by atoms with Gasteiger partial charge in [0.15, 0.2) is 5.79 Å². The van der Waals surface area contributed by atoms with Gasteiger partial charge in [0, 0.05) is 6.04 Å². The van der Waals surface area contributed by atoms with E-state index in [1.165, 1.54) is 7.11 Å². The zero-order valence-electron chi connectivity index (χ0n) is 13.8. The Kier molecular flexibility index (Phi) is 4.79. The first-order chi connectivity index (χ1) is 10.2. The molecule has 22 heavy (non-hydrogen) atoms. The van der Waals surface area contributed by atoms with Gasteiger partial charge in [0.2, 0.25) is 0 Å². The number of nitrogens with one attached hydrogen (secondary N) is 1. The van der Waals surface area contributed by atoms with E-state index in [0.717, 1.165) is 0 Å².